The molecular formula is C13H25N5O2. The van der Waals surface area contributed by atoms with Crippen molar-refractivity contribution in [2.45, 2.75) is 33.1 Å². The van der Waals surface area contributed by atoms with Gasteiger partial charge >= 0.3 is 6.01 Å². The lowest BCUT2D eigenvalue weighted by Crippen LogP contribution is -2.22. The van der Waals surface area contributed by atoms with E-state index in [2.05, 4.69) is 20.3 Å². The summed E-state index contributed by atoms with van der Waals surface area (Å²) in [5, 5.41) is 11.8. The minimum absolute atomic E-state index is 0.245. The monoisotopic (exact) mass is 283 g/mol. The Kier molecular flexibility index (Phi) is 7.64. The van der Waals surface area contributed by atoms with Crippen LogP contribution >= 0.6 is 0 Å². The molecular weight excluding hydrogens is 258 g/mol. The Morgan fingerprint density at radius 1 is 1.15 bits per heavy atom. The number of aliphatic hydroxyl groups excluding tert-OH is 1. The highest BCUT2D eigenvalue weighted by Gasteiger charge is 2.10. The molecule has 0 aliphatic heterocycles. The van der Waals surface area contributed by atoms with Crippen LogP contribution in [-0.4, -0.2) is 53.4 Å². The summed E-state index contributed by atoms with van der Waals surface area (Å²) in [5.41, 5.74) is 0. The number of hydrogen-bond acceptors (Lipinski definition) is 7. The molecule has 0 saturated carbocycles. The summed E-state index contributed by atoms with van der Waals surface area (Å²) in [6.45, 7) is 6.23. The topological polar surface area (TPSA) is 83.4 Å². The van der Waals surface area contributed by atoms with Crippen LogP contribution in [0.15, 0.2) is 0 Å². The molecule has 0 fully saturated rings. The van der Waals surface area contributed by atoms with Crippen molar-refractivity contribution in [2.75, 3.05) is 43.6 Å². The van der Waals surface area contributed by atoms with Gasteiger partial charge in [0.1, 0.15) is 0 Å². The summed E-state index contributed by atoms with van der Waals surface area (Å²) in [5.74, 6) is 1.13. The molecule has 20 heavy (non-hydrogen) atoms. The maximum atomic E-state index is 8.77. The Hall–Kier alpha value is -1.63. The fraction of sp³-hybridized carbons (Fsp3) is 0.769. The van der Waals surface area contributed by atoms with Crippen molar-refractivity contribution in [1.82, 2.24) is 15.0 Å². The highest BCUT2D eigenvalue weighted by atomic mass is 16.5. The summed E-state index contributed by atoms with van der Waals surface area (Å²) in [6.07, 6.45) is 2.81. The van der Waals surface area contributed by atoms with Gasteiger partial charge in [0.15, 0.2) is 0 Å². The summed E-state index contributed by atoms with van der Waals surface area (Å²) in [7, 11) is 1.94. The number of aliphatic hydroxyl groups is 1. The Morgan fingerprint density at radius 3 is 2.60 bits per heavy atom. The number of ether oxygens (including phenoxy) is 1. The number of unbranched alkanes of at least 4 members (excludes halogenated alkanes) is 2. The van der Waals surface area contributed by atoms with Gasteiger partial charge < -0.3 is 20.1 Å². The Balaban J connectivity index is 2.70. The number of aromatic nitrogens is 3. The molecule has 0 amide bonds. The van der Waals surface area contributed by atoms with Gasteiger partial charge in [0.05, 0.1) is 6.61 Å². The van der Waals surface area contributed by atoms with E-state index in [0.717, 1.165) is 32.4 Å². The van der Waals surface area contributed by atoms with Crippen LogP contribution in [-0.2, 0) is 0 Å². The van der Waals surface area contributed by atoms with Gasteiger partial charge in [-0.2, -0.15) is 15.0 Å². The van der Waals surface area contributed by atoms with E-state index in [4.69, 9.17) is 9.84 Å². The molecule has 7 nitrogen and oxygen atoms in total. The van der Waals surface area contributed by atoms with E-state index >= 15 is 0 Å². The van der Waals surface area contributed by atoms with E-state index in [1.165, 1.54) is 0 Å². The number of nitrogens with zero attached hydrogens (tertiary/aromatic N) is 4. The number of nitrogens with one attached hydrogen (secondary N) is 1. The van der Waals surface area contributed by atoms with Crippen LogP contribution in [0, 0.1) is 0 Å². The van der Waals surface area contributed by atoms with Crippen molar-refractivity contribution in [3.63, 3.8) is 0 Å². The number of anilines is 2. The maximum Gasteiger partial charge on any atom is 0.323 e. The van der Waals surface area contributed by atoms with E-state index < -0.39 is 0 Å². The van der Waals surface area contributed by atoms with Gasteiger partial charge in [-0.15, -0.1) is 0 Å². The van der Waals surface area contributed by atoms with Gasteiger partial charge in [0.2, 0.25) is 11.9 Å². The average molecular weight is 283 g/mol. The molecule has 0 unspecified atom stereocenters. The summed E-state index contributed by atoms with van der Waals surface area (Å²) in [6, 6.07) is 0.343. The molecule has 0 bridgehead atoms. The zero-order valence-electron chi connectivity index (χ0n) is 12.6. The van der Waals surface area contributed by atoms with E-state index in [1.807, 2.05) is 25.8 Å². The lowest BCUT2D eigenvalue weighted by atomic mass is 10.2. The molecule has 2 N–H and O–H groups in total. The van der Waals surface area contributed by atoms with Crippen LogP contribution in [0.25, 0.3) is 0 Å². The predicted molar refractivity (Wildman–Crippen MR) is 79.4 cm³/mol. The van der Waals surface area contributed by atoms with Gasteiger partial charge in [0.25, 0.3) is 0 Å². The van der Waals surface area contributed by atoms with Gasteiger partial charge in [-0.25, -0.2) is 0 Å². The van der Waals surface area contributed by atoms with Crippen LogP contribution in [0.3, 0.4) is 0 Å². The molecule has 0 aliphatic rings. The lowest BCUT2D eigenvalue weighted by molar-refractivity contribution is 0.283. The van der Waals surface area contributed by atoms with E-state index in [-0.39, 0.29) is 6.61 Å². The summed E-state index contributed by atoms with van der Waals surface area (Å²) >= 11 is 0. The van der Waals surface area contributed by atoms with E-state index in [1.54, 1.807) is 0 Å². The third-order valence-electron chi connectivity index (χ3n) is 2.70. The maximum absolute atomic E-state index is 8.77. The Bertz CT molecular complexity index is 365. The molecule has 0 atom stereocenters. The first-order valence-electron chi connectivity index (χ1n) is 7.16. The largest absolute Gasteiger partial charge is 0.464 e. The van der Waals surface area contributed by atoms with Crippen LogP contribution in [0.5, 0.6) is 6.01 Å². The molecule has 0 aromatic carbocycles. The number of rotatable bonds is 10. The second-order valence-electron chi connectivity index (χ2n) is 4.41. The van der Waals surface area contributed by atoms with Crippen molar-refractivity contribution in [1.29, 1.82) is 0 Å². The smallest absolute Gasteiger partial charge is 0.323 e. The quantitative estimate of drug-likeness (QED) is 0.626. The predicted octanol–water partition coefficient (Wildman–Crippen LogP) is 1.30. The molecule has 1 heterocycles. The lowest BCUT2D eigenvalue weighted by Gasteiger charge is -2.18. The van der Waals surface area contributed by atoms with Crippen molar-refractivity contribution in [3.8, 4) is 6.01 Å². The molecule has 114 valence electrons. The zero-order chi connectivity index (χ0) is 14.8. The van der Waals surface area contributed by atoms with Crippen LogP contribution in [0.2, 0.25) is 0 Å². The molecule has 0 spiro atoms. The molecule has 1 rings (SSSR count). The summed E-state index contributed by atoms with van der Waals surface area (Å²) < 4.78 is 5.36. The zero-order valence-corrected chi connectivity index (χ0v) is 12.6. The molecule has 0 radical (unpaired) electrons. The second kappa shape index (κ2) is 9.30. The van der Waals surface area contributed by atoms with E-state index in [9.17, 15) is 0 Å². The number of hydrogen-bond donors (Lipinski definition) is 2. The van der Waals surface area contributed by atoms with Crippen molar-refractivity contribution < 1.29 is 9.84 Å². The summed E-state index contributed by atoms with van der Waals surface area (Å²) in [4.78, 5) is 14.8. The SMILES string of the molecule is CCNc1nc(OCC)nc(N(C)CCCCCO)n1. The third kappa shape index (κ3) is 5.56. The first-order chi connectivity index (χ1) is 9.71. The third-order valence-corrected chi connectivity index (χ3v) is 2.70. The first-order valence-corrected chi connectivity index (χ1v) is 7.16. The highest BCUT2D eigenvalue weighted by Crippen LogP contribution is 2.14. The van der Waals surface area contributed by atoms with Crippen molar-refractivity contribution >= 4 is 11.9 Å². The average Bonchev–Trinajstić information content (AvgIpc) is 2.44. The van der Waals surface area contributed by atoms with E-state index in [0.29, 0.717) is 24.5 Å². The molecule has 0 saturated heterocycles. The molecule has 1 aromatic rings. The molecule has 7 heteroatoms. The van der Waals surface area contributed by atoms with Crippen molar-refractivity contribution in [3.05, 3.63) is 0 Å². The fourth-order valence-electron chi connectivity index (χ4n) is 1.68. The second-order valence-corrected chi connectivity index (χ2v) is 4.41. The first kappa shape index (κ1) is 16.4. The minimum Gasteiger partial charge on any atom is -0.464 e. The normalized spacial score (nSPS) is 10.4. The van der Waals surface area contributed by atoms with Gasteiger partial charge in [0, 0.05) is 26.7 Å². The standard InChI is InChI=1S/C13H25N5O2/c1-4-14-11-15-12(17-13(16-11)20-5-2)18(3)9-7-6-8-10-19/h19H,4-10H2,1-3H3,(H,14,15,16,17). The van der Waals surface area contributed by atoms with Crippen LogP contribution < -0.4 is 15.0 Å². The van der Waals surface area contributed by atoms with Gasteiger partial charge in [-0.3, -0.25) is 0 Å². The minimum atomic E-state index is 0.245. The van der Waals surface area contributed by atoms with Crippen molar-refractivity contribution in [2.24, 2.45) is 0 Å². The fourth-order valence-corrected chi connectivity index (χ4v) is 1.68. The Morgan fingerprint density at radius 2 is 1.95 bits per heavy atom. The Labute approximate surface area is 120 Å². The molecule has 0 aliphatic carbocycles. The molecule has 1 aromatic heterocycles. The highest BCUT2D eigenvalue weighted by molar-refractivity contribution is 5.37. The van der Waals surface area contributed by atoms with Crippen LogP contribution in [0.1, 0.15) is 33.1 Å². The van der Waals surface area contributed by atoms with Crippen LogP contribution in [0.4, 0.5) is 11.9 Å². The van der Waals surface area contributed by atoms with Gasteiger partial charge in [-0.05, 0) is 33.1 Å². The van der Waals surface area contributed by atoms with Gasteiger partial charge in [-0.1, -0.05) is 0 Å².